The van der Waals surface area contributed by atoms with Gasteiger partial charge in [-0.25, -0.2) is 4.98 Å². The molecule has 1 amide bonds. The molecule has 1 saturated heterocycles. The molecule has 1 aliphatic rings. The highest BCUT2D eigenvalue weighted by Crippen LogP contribution is 2.36. The van der Waals surface area contributed by atoms with Gasteiger partial charge in [-0.05, 0) is 31.8 Å². The molecule has 28 heavy (non-hydrogen) atoms. The summed E-state index contributed by atoms with van der Waals surface area (Å²) in [6, 6.07) is 10.1. The van der Waals surface area contributed by atoms with E-state index in [9.17, 15) is 9.59 Å². The van der Waals surface area contributed by atoms with Crippen molar-refractivity contribution in [3.05, 3.63) is 35.2 Å². The number of likely N-dealkylation sites (tertiary alicyclic amines) is 1. The summed E-state index contributed by atoms with van der Waals surface area (Å²) in [7, 11) is 1.42. The minimum atomic E-state index is -0.151. The topological polar surface area (TPSA) is 71.5 Å². The van der Waals surface area contributed by atoms with Crippen LogP contribution >= 0.6 is 11.3 Å². The Bertz CT molecular complexity index is 812. The average molecular weight is 402 g/mol. The highest BCUT2D eigenvalue weighted by molar-refractivity contribution is 7.16. The molecular formula is C21H27N3O3S. The minimum absolute atomic E-state index is 0.0506. The number of thiazole rings is 1. The molecule has 1 aliphatic heterocycles. The number of piperidine rings is 1. The van der Waals surface area contributed by atoms with Crippen LogP contribution in [0.3, 0.4) is 0 Å². The molecule has 1 aromatic heterocycles. The predicted molar refractivity (Wildman–Crippen MR) is 111 cm³/mol. The number of benzene rings is 1. The lowest BCUT2D eigenvalue weighted by Gasteiger charge is -2.29. The quantitative estimate of drug-likeness (QED) is 0.747. The maximum Gasteiger partial charge on any atom is 0.308 e. The first-order valence-electron chi connectivity index (χ1n) is 9.64. The standard InChI is InChI=1S/C21H27N3O3S/c1-14(2)19-18(15-7-5-4-6-8-15)23-21(28-19)22-17(25)13-24-11-9-16(10-12-24)20(26)27-3/h4-8,14,16H,9-13H2,1-3H3,(H,22,23,25). The summed E-state index contributed by atoms with van der Waals surface area (Å²) in [4.78, 5) is 32.0. The van der Waals surface area contributed by atoms with Crippen LogP contribution in [0.4, 0.5) is 5.13 Å². The van der Waals surface area contributed by atoms with E-state index in [4.69, 9.17) is 4.74 Å². The van der Waals surface area contributed by atoms with E-state index in [1.165, 1.54) is 23.3 Å². The fraction of sp³-hybridized carbons (Fsp3) is 0.476. The van der Waals surface area contributed by atoms with Crippen LogP contribution in [0.5, 0.6) is 0 Å². The smallest absolute Gasteiger partial charge is 0.308 e. The van der Waals surface area contributed by atoms with E-state index >= 15 is 0 Å². The second kappa shape index (κ2) is 9.30. The van der Waals surface area contributed by atoms with Crippen molar-refractivity contribution in [2.75, 3.05) is 32.1 Å². The Labute approximate surface area is 169 Å². The molecule has 3 rings (SSSR count). The van der Waals surface area contributed by atoms with Crippen LogP contribution < -0.4 is 5.32 Å². The number of rotatable bonds is 6. The first kappa shape index (κ1) is 20.5. The Morgan fingerprint density at radius 3 is 2.54 bits per heavy atom. The zero-order valence-corrected chi connectivity index (χ0v) is 17.4. The number of hydrogen-bond acceptors (Lipinski definition) is 6. The van der Waals surface area contributed by atoms with Gasteiger partial charge < -0.3 is 10.1 Å². The van der Waals surface area contributed by atoms with E-state index in [0.717, 1.165) is 37.2 Å². The molecular weight excluding hydrogens is 374 g/mol. The number of methoxy groups -OCH3 is 1. The number of hydrogen-bond donors (Lipinski definition) is 1. The Morgan fingerprint density at radius 2 is 1.93 bits per heavy atom. The average Bonchev–Trinajstić information content (AvgIpc) is 3.12. The van der Waals surface area contributed by atoms with Gasteiger partial charge in [-0.15, -0.1) is 11.3 Å². The van der Waals surface area contributed by atoms with Gasteiger partial charge in [0.15, 0.2) is 5.13 Å². The van der Waals surface area contributed by atoms with Crippen molar-refractivity contribution < 1.29 is 14.3 Å². The first-order chi connectivity index (χ1) is 13.5. The Balaban J connectivity index is 1.61. The number of nitrogens with zero attached hydrogens (tertiary/aromatic N) is 2. The number of carbonyl (C=O) groups excluding carboxylic acids is 2. The minimum Gasteiger partial charge on any atom is -0.469 e. The maximum absolute atomic E-state index is 12.5. The van der Waals surface area contributed by atoms with Crippen molar-refractivity contribution in [3.8, 4) is 11.3 Å². The third kappa shape index (κ3) is 4.97. The largest absolute Gasteiger partial charge is 0.469 e. The van der Waals surface area contributed by atoms with E-state index in [2.05, 4.69) is 29.0 Å². The predicted octanol–water partition coefficient (Wildman–Crippen LogP) is 3.76. The lowest BCUT2D eigenvalue weighted by Crippen LogP contribution is -2.41. The molecule has 7 heteroatoms. The molecule has 6 nitrogen and oxygen atoms in total. The third-order valence-corrected chi connectivity index (χ3v) is 6.23. The summed E-state index contributed by atoms with van der Waals surface area (Å²) in [6.45, 7) is 6.02. The van der Waals surface area contributed by atoms with Gasteiger partial charge in [0, 0.05) is 10.4 Å². The zero-order chi connectivity index (χ0) is 20.1. The summed E-state index contributed by atoms with van der Waals surface area (Å²) in [5.74, 6) is 0.0581. The van der Waals surface area contributed by atoms with E-state index in [0.29, 0.717) is 17.6 Å². The van der Waals surface area contributed by atoms with Gasteiger partial charge in [-0.1, -0.05) is 44.2 Å². The molecule has 0 unspecified atom stereocenters. The van der Waals surface area contributed by atoms with Crippen LogP contribution in [0.15, 0.2) is 30.3 Å². The van der Waals surface area contributed by atoms with Gasteiger partial charge in [0.05, 0.1) is 25.3 Å². The summed E-state index contributed by atoms with van der Waals surface area (Å²) >= 11 is 1.54. The van der Waals surface area contributed by atoms with Crippen LogP contribution in [-0.4, -0.2) is 48.5 Å². The van der Waals surface area contributed by atoms with Gasteiger partial charge in [0.1, 0.15) is 0 Å². The summed E-state index contributed by atoms with van der Waals surface area (Å²) < 4.78 is 4.81. The number of anilines is 1. The Hall–Kier alpha value is -2.25. The molecule has 1 N–H and O–H groups in total. The van der Waals surface area contributed by atoms with E-state index in [1.807, 2.05) is 30.3 Å². The van der Waals surface area contributed by atoms with Crippen LogP contribution in [0, 0.1) is 5.92 Å². The number of ether oxygens (including phenoxy) is 1. The van der Waals surface area contributed by atoms with Gasteiger partial charge in [0.25, 0.3) is 0 Å². The molecule has 150 valence electrons. The molecule has 2 aromatic rings. The molecule has 0 atom stereocenters. The number of aromatic nitrogens is 1. The second-order valence-corrected chi connectivity index (χ2v) is 8.41. The van der Waals surface area contributed by atoms with Gasteiger partial charge in [-0.3, -0.25) is 14.5 Å². The number of amides is 1. The molecule has 1 aromatic carbocycles. The molecule has 2 heterocycles. The number of nitrogens with one attached hydrogen (secondary N) is 1. The van der Waals surface area contributed by atoms with Gasteiger partial charge in [-0.2, -0.15) is 0 Å². The monoisotopic (exact) mass is 401 g/mol. The SMILES string of the molecule is COC(=O)C1CCN(CC(=O)Nc2nc(-c3ccccc3)c(C(C)C)s2)CC1. The Morgan fingerprint density at radius 1 is 1.25 bits per heavy atom. The van der Waals surface area contributed by atoms with Crippen LogP contribution in [0.25, 0.3) is 11.3 Å². The van der Waals surface area contributed by atoms with Crippen molar-refractivity contribution in [1.82, 2.24) is 9.88 Å². The van der Waals surface area contributed by atoms with Crippen molar-refractivity contribution >= 4 is 28.3 Å². The lowest BCUT2D eigenvalue weighted by atomic mass is 9.97. The molecule has 0 bridgehead atoms. The second-order valence-electron chi connectivity index (χ2n) is 7.37. The highest BCUT2D eigenvalue weighted by atomic mass is 32.1. The van der Waals surface area contributed by atoms with E-state index < -0.39 is 0 Å². The lowest BCUT2D eigenvalue weighted by molar-refractivity contribution is -0.147. The van der Waals surface area contributed by atoms with E-state index in [-0.39, 0.29) is 17.8 Å². The summed E-state index contributed by atoms with van der Waals surface area (Å²) in [5.41, 5.74) is 2.00. The maximum atomic E-state index is 12.5. The molecule has 0 spiro atoms. The fourth-order valence-electron chi connectivity index (χ4n) is 3.43. The number of carbonyl (C=O) groups is 2. The molecule has 1 fully saturated rings. The van der Waals surface area contributed by atoms with Crippen molar-refractivity contribution in [2.45, 2.75) is 32.6 Å². The highest BCUT2D eigenvalue weighted by Gasteiger charge is 2.26. The number of esters is 1. The third-order valence-electron chi connectivity index (χ3n) is 4.96. The van der Waals surface area contributed by atoms with Crippen LogP contribution in [-0.2, 0) is 14.3 Å². The van der Waals surface area contributed by atoms with Crippen molar-refractivity contribution in [3.63, 3.8) is 0 Å². The molecule has 0 aliphatic carbocycles. The van der Waals surface area contributed by atoms with Gasteiger partial charge >= 0.3 is 5.97 Å². The normalized spacial score (nSPS) is 15.6. The molecule has 0 saturated carbocycles. The van der Waals surface area contributed by atoms with Crippen LogP contribution in [0.2, 0.25) is 0 Å². The molecule has 0 radical (unpaired) electrons. The fourth-order valence-corrected chi connectivity index (χ4v) is 4.44. The zero-order valence-electron chi connectivity index (χ0n) is 16.6. The van der Waals surface area contributed by atoms with Crippen molar-refractivity contribution in [1.29, 1.82) is 0 Å². The summed E-state index contributed by atoms with van der Waals surface area (Å²) in [6.07, 6.45) is 1.46. The van der Waals surface area contributed by atoms with Crippen molar-refractivity contribution in [2.24, 2.45) is 5.92 Å². The van der Waals surface area contributed by atoms with Gasteiger partial charge in [0.2, 0.25) is 5.91 Å². The Kier molecular flexibility index (Phi) is 6.80. The first-order valence-corrected chi connectivity index (χ1v) is 10.5. The summed E-state index contributed by atoms with van der Waals surface area (Å²) in [5, 5.41) is 3.59. The van der Waals surface area contributed by atoms with E-state index in [1.54, 1.807) is 0 Å². The van der Waals surface area contributed by atoms with Crippen LogP contribution in [0.1, 0.15) is 37.5 Å².